The number of ether oxygens (including phenoxy) is 4. The number of esters is 4. The largest absolute Gasteiger partial charge is 0.459 e. The highest BCUT2D eigenvalue weighted by Gasteiger charge is 2.59. The number of hydrogen-bond donors (Lipinski definition) is 0. The van der Waals surface area contributed by atoms with Gasteiger partial charge in [0.1, 0.15) is 23.4 Å². The Kier molecular flexibility index (Phi) is 9.46. The van der Waals surface area contributed by atoms with E-state index in [1.54, 1.807) is 54.6 Å². The van der Waals surface area contributed by atoms with Crippen molar-refractivity contribution in [3.05, 3.63) is 103 Å². The van der Waals surface area contributed by atoms with Gasteiger partial charge in [0.05, 0.1) is 0 Å². The minimum Gasteiger partial charge on any atom is -0.459 e. The molecule has 0 amide bonds. The fraction of sp³-hybridized carbons (Fsp3) is 0.250. The normalized spacial score (nSPS) is 13.5. The lowest BCUT2D eigenvalue weighted by Gasteiger charge is -2.28. The Hall–Kier alpha value is -4.72. The predicted octanol–water partition coefficient (Wildman–Crippen LogP) is 5.61. The highest BCUT2D eigenvalue weighted by molar-refractivity contribution is 6.20. The van der Waals surface area contributed by atoms with Crippen LogP contribution in [0.15, 0.2) is 103 Å². The van der Waals surface area contributed by atoms with Crippen molar-refractivity contribution in [2.75, 3.05) is 0 Å². The number of benzene rings is 3. The molecular formula is C32H30O8. The van der Waals surface area contributed by atoms with Crippen molar-refractivity contribution >= 4 is 23.9 Å². The number of carbonyl (C=O) groups excluding carboxylic acids is 4. The van der Waals surface area contributed by atoms with Crippen molar-refractivity contribution in [3.63, 3.8) is 0 Å². The number of carbonyl (C=O) groups is 4. The molecule has 3 aromatic carbocycles. The minimum atomic E-state index is -2.75. The lowest BCUT2D eigenvalue weighted by molar-refractivity contribution is -0.171. The molecule has 40 heavy (non-hydrogen) atoms. The van der Waals surface area contributed by atoms with Crippen LogP contribution in [0.25, 0.3) is 0 Å². The topological polar surface area (TPSA) is 105 Å². The monoisotopic (exact) mass is 542 g/mol. The van der Waals surface area contributed by atoms with Gasteiger partial charge in [-0.15, -0.1) is 0 Å². The first-order chi connectivity index (χ1) is 19.4. The predicted molar refractivity (Wildman–Crippen MR) is 145 cm³/mol. The van der Waals surface area contributed by atoms with Gasteiger partial charge in [-0.2, -0.15) is 0 Å². The summed E-state index contributed by atoms with van der Waals surface area (Å²) in [6.45, 7) is 3.78. The van der Waals surface area contributed by atoms with E-state index in [9.17, 15) is 19.2 Å². The second-order valence-electron chi connectivity index (χ2n) is 9.46. The summed E-state index contributed by atoms with van der Waals surface area (Å²) in [5, 5.41) is 0. The van der Waals surface area contributed by atoms with Crippen LogP contribution in [0.2, 0.25) is 0 Å². The zero-order valence-corrected chi connectivity index (χ0v) is 22.0. The van der Waals surface area contributed by atoms with Gasteiger partial charge in [0.2, 0.25) is 0 Å². The summed E-state index contributed by atoms with van der Waals surface area (Å²) in [5.41, 5.74) is -3.02. The fourth-order valence-corrected chi connectivity index (χ4v) is 4.32. The molecule has 206 valence electrons. The molecular weight excluding hydrogens is 512 g/mol. The average Bonchev–Trinajstić information content (AvgIpc) is 2.97. The molecule has 0 unspecified atom stereocenters. The summed E-state index contributed by atoms with van der Waals surface area (Å²) in [4.78, 5) is 54.5. The zero-order valence-electron chi connectivity index (χ0n) is 22.0. The van der Waals surface area contributed by atoms with Gasteiger partial charge in [-0.3, -0.25) is 0 Å². The van der Waals surface area contributed by atoms with E-state index in [2.05, 4.69) is 6.58 Å². The molecule has 3 aromatic rings. The number of rotatable bonds is 10. The maximum Gasteiger partial charge on any atom is 0.340 e. The lowest BCUT2D eigenvalue weighted by atomic mass is 9.81. The van der Waals surface area contributed by atoms with Gasteiger partial charge in [0, 0.05) is 12.0 Å². The molecule has 0 atom stereocenters. The van der Waals surface area contributed by atoms with Gasteiger partial charge >= 0.3 is 23.9 Å². The minimum absolute atomic E-state index is 0.0762. The smallest absolute Gasteiger partial charge is 0.340 e. The molecule has 0 bridgehead atoms. The molecule has 1 aliphatic carbocycles. The molecule has 1 saturated carbocycles. The molecule has 0 aliphatic heterocycles. The summed E-state index contributed by atoms with van der Waals surface area (Å²) in [6, 6.07) is 23.8. The van der Waals surface area contributed by atoms with Crippen LogP contribution < -0.4 is 14.2 Å². The van der Waals surface area contributed by atoms with E-state index in [1.165, 1.54) is 36.4 Å². The lowest BCUT2D eigenvalue weighted by Crippen LogP contribution is -2.53. The highest BCUT2D eigenvalue weighted by Crippen LogP contribution is 2.35. The second-order valence-corrected chi connectivity index (χ2v) is 9.46. The third kappa shape index (κ3) is 7.02. The maximum absolute atomic E-state index is 13.8. The second kappa shape index (κ2) is 13.4. The van der Waals surface area contributed by atoms with Gasteiger partial charge in [0.25, 0.3) is 5.41 Å². The van der Waals surface area contributed by atoms with Gasteiger partial charge in [-0.1, -0.05) is 67.6 Å². The van der Waals surface area contributed by atoms with E-state index in [1.807, 2.05) is 0 Å². The SMILES string of the molecule is C=C(CC(C(=O)Oc1ccccc1)(C(=O)Oc1ccccc1)C(=O)Oc1ccccc1)C(=O)OC1CCCCC1. The van der Waals surface area contributed by atoms with Crippen molar-refractivity contribution in [3.8, 4) is 17.2 Å². The first kappa shape index (κ1) is 28.3. The van der Waals surface area contributed by atoms with Crippen LogP contribution >= 0.6 is 0 Å². The van der Waals surface area contributed by atoms with Crippen LogP contribution in [-0.2, 0) is 23.9 Å². The first-order valence-corrected chi connectivity index (χ1v) is 13.1. The Balaban J connectivity index is 1.71. The maximum atomic E-state index is 13.8. The Morgan fingerprint density at radius 1 is 0.625 bits per heavy atom. The first-order valence-electron chi connectivity index (χ1n) is 13.1. The van der Waals surface area contributed by atoms with Crippen LogP contribution in [0, 0.1) is 5.41 Å². The summed E-state index contributed by atoms with van der Waals surface area (Å²) in [7, 11) is 0. The van der Waals surface area contributed by atoms with Crippen molar-refractivity contribution in [2.45, 2.75) is 44.6 Å². The summed E-state index contributed by atoms with van der Waals surface area (Å²) >= 11 is 0. The standard InChI is InChI=1S/C32H30O8/c1-23(28(33)37-24-14-6-2-7-15-24)22-32(29(34)38-25-16-8-3-9-17-25,30(35)39-26-18-10-4-11-19-26)31(36)40-27-20-12-5-13-21-27/h3-5,8-13,16-21,24H,1-2,6-7,14-15,22H2. The average molecular weight is 543 g/mol. The number of hydrogen-bond acceptors (Lipinski definition) is 8. The molecule has 1 fully saturated rings. The Morgan fingerprint density at radius 2 is 1.00 bits per heavy atom. The van der Waals surface area contributed by atoms with E-state index >= 15 is 0 Å². The highest BCUT2D eigenvalue weighted by atomic mass is 16.6. The van der Waals surface area contributed by atoms with Crippen LogP contribution in [-0.4, -0.2) is 30.0 Å². The van der Waals surface area contributed by atoms with E-state index in [4.69, 9.17) is 18.9 Å². The van der Waals surface area contributed by atoms with Crippen molar-refractivity contribution in [2.24, 2.45) is 5.41 Å². The quantitative estimate of drug-likeness (QED) is 0.141. The molecule has 0 spiro atoms. The molecule has 0 N–H and O–H groups in total. The van der Waals surface area contributed by atoms with Crippen LogP contribution in [0.3, 0.4) is 0 Å². The molecule has 0 saturated heterocycles. The summed E-state index contributed by atoms with van der Waals surface area (Å²) in [6.07, 6.45) is 3.21. The van der Waals surface area contributed by atoms with Gasteiger partial charge in [0.15, 0.2) is 0 Å². The molecule has 0 heterocycles. The molecule has 8 nitrogen and oxygen atoms in total. The van der Waals surface area contributed by atoms with Crippen LogP contribution in [0.1, 0.15) is 38.5 Å². The zero-order chi connectivity index (χ0) is 28.4. The van der Waals surface area contributed by atoms with E-state index in [0.29, 0.717) is 12.8 Å². The molecule has 0 aromatic heterocycles. The summed E-state index contributed by atoms with van der Waals surface area (Å²) in [5.74, 6) is -4.44. The van der Waals surface area contributed by atoms with Crippen molar-refractivity contribution in [1.29, 1.82) is 0 Å². The van der Waals surface area contributed by atoms with Crippen molar-refractivity contribution in [1.82, 2.24) is 0 Å². The van der Waals surface area contributed by atoms with E-state index in [-0.39, 0.29) is 28.9 Å². The Labute approximate surface area is 232 Å². The summed E-state index contributed by atoms with van der Waals surface area (Å²) < 4.78 is 22.1. The molecule has 8 heteroatoms. The van der Waals surface area contributed by atoms with Crippen molar-refractivity contribution < 1.29 is 38.1 Å². The third-order valence-corrected chi connectivity index (χ3v) is 6.50. The fourth-order valence-electron chi connectivity index (χ4n) is 4.32. The number of para-hydroxylation sites is 3. The Bertz CT molecular complexity index is 1200. The molecule has 1 aliphatic rings. The Morgan fingerprint density at radius 3 is 1.38 bits per heavy atom. The third-order valence-electron chi connectivity index (χ3n) is 6.50. The van der Waals surface area contributed by atoms with Gasteiger partial charge < -0.3 is 18.9 Å². The van der Waals surface area contributed by atoms with Crippen LogP contribution in [0.4, 0.5) is 0 Å². The van der Waals surface area contributed by atoms with E-state index < -0.39 is 35.7 Å². The van der Waals surface area contributed by atoms with Gasteiger partial charge in [-0.05, 0) is 62.1 Å². The van der Waals surface area contributed by atoms with Gasteiger partial charge in [-0.25, -0.2) is 19.2 Å². The molecule has 4 rings (SSSR count). The molecule has 0 radical (unpaired) electrons. The van der Waals surface area contributed by atoms with Crippen LogP contribution in [0.5, 0.6) is 17.2 Å². The van der Waals surface area contributed by atoms with E-state index in [0.717, 1.165) is 19.3 Å².